The molecule has 2 heterocycles. The summed E-state index contributed by atoms with van der Waals surface area (Å²) in [5.41, 5.74) is -0.259. The Bertz CT molecular complexity index is 813. The van der Waals surface area contributed by atoms with Crippen molar-refractivity contribution in [2.24, 2.45) is 0 Å². The molecule has 2 fully saturated rings. The Morgan fingerprint density at radius 1 is 1.09 bits per heavy atom. The lowest BCUT2D eigenvalue weighted by atomic mass is 9.85. The van der Waals surface area contributed by atoms with Crippen LogP contribution >= 0.6 is 0 Å². The number of hydrogen-bond acceptors (Lipinski definition) is 6. The predicted molar refractivity (Wildman–Crippen MR) is 121 cm³/mol. The molecule has 1 aromatic carbocycles. The van der Waals surface area contributed by atoms with Crippen LogP contribution < -0.4 is 4.90 Å². The smallest absolute Gasteiger partial charge is 0.410 e. The third-order valence-corrected chi connectivity index (χ3v) is 5.94. The first-order valence-electron chi connectivity index (χ1n) is 11.4. The lowest BCUT2D eigenvalue weighted by molar-refractivity contribution is -0.143. The Labute approximate surface area is 190 Å². The molecule has 2 aliphatic rings. The maximum atomic E-state index is 13.6. The summed E-state index contributed by atoms with van der Waals surface area (Å²) in [4.78, 5) is 43.5. The molecule has 0 N–H and O–H groups in total. The van der Waals surface area contributed by atoms with E-state index in [2.05, 4.69) is 4.90 Å². The molecule has 8 nitrogen and oxygen atoms in total. The van der Waals surface area contributed by atoms with Crippen molar-refractivity contribution in [2.75, 3.05) is 37.8 Å². The molecule has 176 valence electrons. The molecule has 32 heavy (non-hydrogen) atoms. The summed E-state index contributed by atoms with van der Waals surface area (Å²) in [5, 5.41) is 0. The van der Waals surface area contributed by atoms with Gasteiger partial charge in [-0.25, -0.2) is 4.79 Å². The quantitative estimate of drug-likeness (QED) is 0.625. The fourth-order valence-corrected chi connectivity index (χ4v) is 4.41. The third-order valence-electron chi connectivity index (χ3n) is 5.94. The SMILES string of the molecule is CCOC(=O)CCCN1CN(c2ccccc2)C2(CCN(C(=O)OC(C)(C)C)CC2)C1=O. The van der Waals surface area contributed by atoms with E-state index in [1.54, 1.807) is 11.8 Å². The fourth-order valence-electron chi connectivity index (χ4n) is 4.41. The van der Waals surface area contributed by atoms with Crippen LogP contribution in [0, 0.1) is 0 Å². The van der Waals surface area contributed by atoms with E-state index in [0.29, 0.717) is 58.6 Å². The minimum Gasteiger partial charge on any atom is -0.466 e. The lowest BCUT2D eigenvalue weighted by Crippen LogP contribution is -2.57. The molecular formula is C24H35N3O5. The highest BCUT2D eigenvalue weighted by atomic mass is 16.6. The number of anilines is 1. The molecule has 0 unspecified atom stereocenters. The first kappa shape index (κ1) is 23.9. The fraction of sp³-hybridized carbons (Fsp3) is 0.625. The number of piperidine rings is 1. The number of carbonyl (C=O) groups is 3. The second-order valence-corrected chi connectivity index (χ2v) is 9.38. The zero-order valence-corrected chi connectivity index (χ0v) is 19.6. The molecule has 0 aromatic heterocycles. The van der Waals surface area contributed by atoms with Crippen LogP contribution in [0.5, 0.6) is 0 Å². The van der Waals surface area contributed by atoms with Crippen molar-refractivity contribution in [3.05, 3.63) is 30.3 Å². The van der Waals surface area contributed by atoms with Crippen LogP contribution in [0.3, 0.4) is 0 Å². The highest BCUT2D eigenvalue weighted by Crippen LogP contribution is 2.39. The summed E-state index contributed by atoms with van der Waals surface area (Å²) in [5.74, 6) is -0.173. The van der Waals surface area contributed by atoms with Gasteiger partial charge in [-0.05, 0) is 59.1 Å². The van der Waals surface area contributed by atoms with Crippen LogP contribution in [-0.4, -0.2) is 71.8 Å². The normalized spacial score (nSPS) is 18.2. The molecule has 0 saturated carbocycles. The Morgan fingerprint density at radius 2 is 1.75 bits per heavy atom. The van der Waals surface area contributed by atoms with E-state index in [-0.39, 0.29) is 18.0 Å². The molecule has 2 amide bonds. The molecular weight excluding hydrogens is 410 g/mol. The second kappa shape index (κ2) is 9.79. The van der Waals surface area contributed by atoms with Gasteiger partial charge in [0.15, 0.2) is 0 Å². The number of ether oxygens (including phenoxy) is 2. The molecule has 0 aliphatic carbocycles. The van der Waals surface area contributed by atoms with Gasteiger partial charge in [-0.2, -0.15) is 0 Å². The molecule has 1 spiro atoms. The summed E-state index contributed by atoms with van der Waals surface area (Å²) in [6, 6.07) is 9.91. The number of hydrogen-bond donors (Lipinski definition) is 0. The summed E-state index contributed by atoms with van der Waals surface area (Å²) in [7, 11) is 0. The standard InChI is InChI=1S/C24H35N3O5/c1-5-31-20(28)12-9-15-26-18-27(19-10-7-6-8-11-19)24(21(26)29)13-16-25(17-14-24)22(30)32-23(2,3)4/h6-8,10-11H,5,9,12-18H2,1-4H3. The maximum Gasteiger partial charge on any atom is 0.410 e. The molecule has 0 atom stereocenters. The minimum atomic E-state index is -0.691. The van der Waals surface area contributed by atoms with Gasteiger partial charge in [-0.1, -0.05) is 18.2 Å². The van der Waals surface area contributed by atoms with Crippen molar-refractivity contribution in [1.82, 2.24) is 9.80 Å². The van der Waals surface area contributed by atoms with Crippen LogP contribution in [0.2, 0.25) is 0 Å². The Hall–Kier alpha value is -2.77. The van der Waals surface area contributed by atoms with Crippen molar-refractivity contribution in [3.8, 4) is 0 Å². The van der Waals surface area contributed by atoms with Crippen molar-refractivity contribution in [1.29, 1.82) is 0 Å². The number of amides is 2. The van der Waals surface area contributed by atoms with Gasteiger partial charge in [0.1, 0.15) is 11.1 Å². The van der Waals surface area contributed by atoms with Crippen LogP contribution in [0.15, 0.2) is 30.3 Å². The van der Waals surface area contributed by atoms with E-state index in [0.717, 1.165) is 5.69 Å². The molecule has 0 bridgehead atoms. The van der Waals surface area contributed by atoms with Crippen LogP contribution in [0.1, 0.15) is 53.4 Å². The molecule has 2 saturated heterocycles. The topological polar surface area (TPSA) is 79.4 Å². The molecule has 1 aromatic rings. The van der Waals surface area contributed by atoms with Gasteiger partial charge in [0, 0.05) is 31.7 Å². The number of likely N-dealkylation sites (tertiary alicyclic amines) is 1. The molecule has 3 rings (SSSR count). The van der Waals surface area contributed by atoms with Crippen molar-refractivity contribution in [3.63, 3.8) is 0 Å². The van der Waals surface area contributed by atoms with Crippen molar-refractivity contribution >= 4 is 23.7 Å². The monoisotopic (exact) mass is 445 g/mol. The number of rotatable bonds is 6. The first-order chi connectivity index (χ1) is 15.2. The first-order valence-corrected chi connectivity index (χ1v) is 11.4. The average Bonchev–Trinajstić information content (AvgIpc) is 3.00. The largest absolute Gasteiger partial charge is 0.466 e. The van der Waals surface area contributed by atoms with E-state index in [4.69, 9.17) is 9.47 Å². The van der Waals surface area contributed by atoms with E-state index in [9.17, 15) is 14.4 Å². The Kier molecular flexibility index (Phi) is 7.31. The summed E-state index contributed by atoms with van der Waals surface area (Å²) in [6.45, 7) is 9.58. The number of carbonyl (C=O) groups excluding carboxylic acids is 3. The number of para-hydroxylation sites is 1. The minimum absolute atomic E-state index is 0.0639. The number of esters is 1. The molecule has 8 heteroatoms. The summed E-state index contributed by atoms with van der Waals surface area (Å²) < 4.78 is 10.5. The maximum absolute atomic E-state index is 13.6. The number of benzene rings is 1. The summed E-state index contributed by atoms with van der Waals surface area (Å²) in [6.07, 6.45) is 1.59. The van der Waals surface area contributed by atoms with Gasteiger partial charge in [0.25, 0.3) is 0 Å². The van der Waals surface area contributed by atoms with Gasteiger partial charge >= 0.3 is 12.1 Å². The van der Waals surface area contributed by atoms with Gasteiger partial charge in [-0.3, -0.25) is 9.59 Å². The van der Waals surface area contributed by atoms with E-state index in [1.807, 2.05) is 56.0 Å². The predicted octanol–water partition coefficient (Wildman–Crippen LogP) is 3.41. The Morgan fingerprint density at radius 3 is 2.34 bits per heavy atom. The van der Waals surface area contributed by atoms with Crippen LogP contribution in [0.4, 0.5) is 10.5 Å². The van der Waals surface area contributed by atoms with E-state index >= 15 is 0 Å². The van der Waals surface area contributed by atoms with Crippen molar-refractivity contribution in [2.45, 2.75) is 64.5 Å². The van der Waals surface area contributed by atoms with Crippen LogP contribution in [0.25, 0.3) is 0 Å². The third kappa shape index (κ3) is 5.34. The average molecular weight is 446 g/mol. The van der Waals surface area contributed by atoms with E-state index < -0.39 is 11.1 Å². The highest BCUT2D eigenvalue weighted by molar-refractivity contribution is 5.93. The van der Waals surface area contributed by atoms with Gasteiger partial charge in [0.05, 0.1) is 13.3 Å². The van der Waals surface area contributed by atoms with Gasteiger partial charge in [0.2, 0.25) is 5.91 Å². The second-order valence-electron chi connectivity index (χ2n) is 9.38. The van der Waals surface area contributed by atoms with Crippen molar-refractivity contribution < 1.29 is 23.9 Å². The van der Waals surface area contributed by atoms with Gasteiger partial charge < -0.3 is 24.2 Å². The van der Waals surface area contributed by atoms with Gasteiger partial charge in [-0.15, -0.1) is 0 Å². The zero-order chi connectivity index (χ0) is 23.4. The summed E-state index contributed by atoms with van der Waals surface area (Å²) >= 11 is 0. The highest BCUT2D eigenvalue weighted by Gasteiger charge is 2.54. The lowest BCUT2D eigenvalue weighted by Gasteiger charge is -2.43. The molecule has 2 aliphatic heterocycles. The van der Waals surface area contributed by atoms with Crippen LogP contribution in [-0.2, 0) is 19.1 Å². The van der Waals surface area contributed by atoms with E-state index in [1.165, 1.54) is 0 Å². The number of nitrogens with zero attached hydrogens (tertiary/aromatic N) is 3. The zero-order valence-electron chi connectivity index (χ0n) is 19.6. The molecule has 0 radical (unpaired) electrons. The Balaban J connectivity index is 1.72.